The van der Waals surface area contributed by atoms with E-state index in [4.69, 9.17) is 4.55 Å². The minimum atomic E-state index is -3.94. The Morgan fingerprint density at radius 2 is 1.76 bits per heavy atom. The van der Waals surface area contributed by atoms with E-state index in [2.05, 4.69) is 0 Å². The van der Waals surface area contributed by atoms with Gasteiger partial charge in [-0.15, -0.1) is 0 Å². The molecule has 1 saturated carbocycles. The normalized spacial score (nSPS) is 18.2. The minimum Gasteiger partial charge on any atom is -0.285 e. The molecule has 4 heteroatoms. The highest BCUT2D eigenvalue weighted by Gasteiger charge is 2.19. The van der Waals surface area contributed by atoms with Crippen LogP contribution in [-0.2, 0) is 15.9 Å². The summed E-state index contributed by atoms with van der Waals surface area (Å²) in [7, 11) is -3.94. The SMILES string of the molecule is O=S(=O)(O)Cc1ccccc1C1CCCCC1. The lowest BCUT2D eigenvalue weighted by Crippen LogP contribution is -2.10. The summed E-state index contributed by atoms with van der Waals surface area (Å²) in [5.74, 6) is 0.196. The molecule has 0 aromatic heterocycles. The third kappa shape index (κ3) is 3.54. The zero-order valence-electron chi connectivity index (χ0n) is 9.80. The van der Waals surface area contributed by atoms with E-state index in [1.165, 1.54) is 19.3 Å². The summed E-state index contributed by atoms with van der Waals surface area (Å²) in [5.41, 5.74) is 1.85. The predicted molar refractivity (Wildman–Crippen MR) is 67.5 cm³/mol. The molecule has 1 aliphatic carbocycles. The fraction of sp³-hybridized carbons (Fsp3) is 0.538. The van der Waals surface area contributed by atoms with Crippen molar-refractivity contribution in [2.75, 3.05) is 0 Å². The number of hydrogen-bond donors (Lipinski definition) is 1. The number of benzene rings is 1. The molecule has 0 amide bonds. The second-order valence-electron chi connectivity index (χ2n) is 4.76. The highest BCUT2D eigenvalue weighted by Crippen LogP contribution is 2.34. The molecule has 1 aliphatic rings. The fourth-order valence-corrected chi connectivity index (χ4v) is 3.33. The van der Waals surface area contributed by atoms with Crippen molar-refractivity contribution in [1.29, 1.82) is 0 Å². The summed E-state index contributed by atoms with van der Waals surface area (Å²) in [6.45, 7) is 0. The predicted octanol–water partition coefficient (Wildman–Crippen LogP) is 3.12. The summed E-state index contributed by atoms with van der Waals surface area (Å²) in [5, 5.41) is 0. The van der Waals surface area contributed by atoms with E-state index in [0.717, 1.165) is 24.0 Å². The van der Waals surface area contributed by atoms with Gasteiger partial charge in [-0.25, -0.2) is 0 Å². The molecular formula is C13H18O3S. The van der Waals surface area contributed by atoms with Crippen molar-refractivity contribution in [2.24, 2.45) is 0 Å². The molecule has 1 aromatic carbocycles. The van der Waals surface area contributed by atoms with Gasteiger partial charge >= 0.3 is 0 Å². The molecule has 94 valence electrons. The summed E-state index contributed by atoms with van der Waals surface area (Å²) in [6.07, 6.45) is 5.96. The molecule has 1 aromatic rings. The van der Waals surface area contributed by atoms with Crippen molar-refractivity contribution < 1.29 is 13.0 Å². The fourth-order valence-electron chi connectivity index (χ4n) is 2.67. The lowest BCUT2D eigenvalue weighted by molar-refractivity contribution is 0.441. The lowest BCUT2D eigenvalue weighted by Gasteiger charge is -2.24. The van der Waals surface area contributed by atoms with Crippen LogP contribution >= 0.6 is 0 Å². The third-order valence-electron chi connectivity index (χ3n) is 3.44. The Kier molecular flexibility index (Phi) is 3.84. The van der Waals surface area contributed by atoms with Crippen molar-refractivity contribution in [1.82, 2.24) is 0 Å². The summed E-state index contributed by atoms with van der Waals surface area (Å²) in [6, 6.07) is 7.57. The van der Waals surface area contributed by atoms with Gasteiger partial charge in [0.2, 0.25) is 0 Å². The van der Waals surface area contributed by atoms with Crippen LogP contribution in [0, 0.1) is 0 Å². The molecule has 1 N–H and O–H groups in total. The monoisotopic (exact) mass is 254 g/mol. The van der Waals surface area contributed by atoms with E-state index in [9.17, 15) is 8.42 Å². The smallest absolute Gasteiger partial charge is 0.269 e. The van der Waals surface area contributed by atoms with Gasteiger partial charge in [0, 0.05) is 0 Å². The van der Waals surface area contributed by atoms with E-state index < -0.39 is 10.1 Å². The zero-order valence-corrected chi connectivity index (χ0v) is 10.6. The molecule has 3 nitrogen and oxygen atoms in total. The second kappa shape index (κ2) is 5.19. The van der Waals surface area contributed by atoms with E-state index >= 15 is 0 Å². The highest BCUT2D eigenvalue weighted by atomic mass is 32.2. The van der Waals surface area contributed by atoms with Crippen LogP contribution in [0.3, 0.4) is 0 Å². The highest BCUT2D eigenvalue weighted by molar-refractivity contribution is 7.85. The molecule has 0 radical (unpaired) electrons. The van der Waals surface area contributed by atoms with Gasteiger partial charge in [-0.3, -0.25) is 4.55 Å². The Morgan fingerprint density at radius 1 is 1.12 bits per heavy atom. The molecule has 0 heterocycles. The van der Waals surface area contributed by atoms with Crippen molar-refractivity contribution in [3.63, 3.8) is 0 Å². The average molecular weight is 254 g/mol. The topological polar surface area (TPSA) is 54.4 Å². The Hall–Kier alpha value is -0.870. The first-order chi connectivity index (χ1) is 8.06. The van der Waals surface area contributed by atoms with Crippen LogP contribution in [0.1, 0.15) is 49.1 Å². The van der Waals surface area contributed by atoms with E-state index in [0.29, 0.717) is 5.92 Å². The van der Waals surface area contributed by atoms with Gasteiger partial charge in [0.25, 0.3) is 10.1 Å². The quantitative estimate of drug-likeness (QED) is 0.843. The van der Waals surface area contributed by atoms with Gasteiger partial charge in [0.05, 0.1) is 0 Å². The second-order valence-corrected chi connectivity index (χ2v) is 6.21. The molecule has 0 bridgehead atoms. The number of hydrogen-bond acceptors (Lipinski definition) is 2. The van der Waals surface area contributed by atoms with Gasteiger partial charge in [-0.1, -0.05) is 43.5 Å². The van der Waals surface area contributed by atoms with E-state index in [1.54, 1.807) is 6.07 Å². The van der Waals surface area contributed by atoms with Crippen LogP contribution < -0.4 is 0 Å². The maximum atomic E-state index is 11.0. The molecule has 0 atom stereocenters. The molecular weight excluding hydrogens is 236 g/mol. The van der Waals surface area contributed by atoms with Crippen LogP contribution in [0.5, 0.6) is 0 Å². The largest absolute Gasteiger partial charge is 0.285 e. The van der Waals surface area contributed by atoms with Crippen molar-refractivity contribution >= 4 is 10.1 Å². The first kappa shape index (κ1) is 12.6. The van der Waals surface area contributed by atoms with Crippen LogP contribution in [0.4, 0.5) is 0 Å². The van der Waals surface area contributed by atoms with E-state index in [1.807, 2.05) is 18.2 Å². The molecule has 0 spiro atoms. The zero-order chi connectivity index (χ0) is 12.3. The molecule has 0 aliphatic heterocycles. The van der Waals surface area contributed by atoms with E-state index in [-0.39, 0.29) is 5.75 Å². The number of rotatable bonds is 3. The molecule has 2 rings (SSSR count). The van der Waals surface area contributed by atoms with Crippen molar-refractivity contribution in [3.8, 4) is 0 Å². The Balaban J connectivity index is 2.26. The summed E-state index contributed by atoms with van der Waals surface area (Å²) in [4.78, 5) is 0. The summed E-state index contributed by atoms with van der Waals surface area (Å²) < 4.78 is 30.9. The maximum absolute atomic E-state index is 11.0. The molecule has 0 saturated heterocycles. The molecule has 17 heavy (non-hydrogen) atoms. The standard InChI is InChI=1S/C13H18O3S/c14-17(15,16)10-12-8-4-5-9-13(12)11-6-2-1-3-7-11/h4-5,8-9,11H,1-3,6-7,10H2,(H,14,15,16). The van der Waals surface area contributed by atoms with Gasteiger partial charge in [0.1, 0.15) is 5.75 Å². The van der Waals surface area contributed by atoms with Crippen LogP contribution in [-0.4, -0.2) is 13.0 Å². The third-order valence-corrected chi connectivity index (χ3v) is 4.11. The Bertz CT molecular complexity index is 473. The van der Waals surface area contributed by atoms with Crippen LogP contribution in [0.25, 0.3) is 0 Å². The van der Waals surface area contributed by atoms with Crippen LogP contribution in [0.2, 0.25) is 0 Å². The van der Waals surface area contributed by atoms with Gasteiger partial charge < -0.3 is 0 Å². The Labute approximate surface area is 103 Å². The molecule has 0 unspecified atom stereocenters. The first-order valence-electron chi connectivity index (χ1n) is 6.09. The van der Waals surface area contributed by atoms with Gasteiger partial charge in [-0.05, 0) is 29.9 Å². The average Bonchev–Trinajstić information content (AvgIpc) is 2.29. The maximum Gasteiger partial charge on any atom is 0.269 e. The molecule has 1 fully saturated rings. The van der Waals surface area contributed by atoms with Crippen molar-refractivity contribution in [2.45, 2.75) is 43.8 Å². The van der Waals surface area contributed by atoms with Crippen LogP contribution in [0.15, 0.2) is 24.3 Å². The Morgan fingerprint density at radius 3 is 2.41 bits per heavy atom. The van der Waals surface area contributed by atoms with Gasteiger partial charge in [-0.2, -0.15) is 8.42 Å². The lowest BCUT2D eigenvalue weighted by atomic mass is 9.82. The minimum absolute atomic E-state index is 0.264. The van der Waals surface area contributed by atoms with Crippen molar-refractivity contribution in [3.05, 3.63) is 35.4 Å². The summed E-state index contributed by atoms with van der Waals surface area (Å²) >= 11 is 0. The first-order valence-corrected chi connectivity index (χ1v) is 7.70. The van der Waals surface area contributed by atoms with Gasteiger partial charge in [0.15, 0.2) is 0 Å².